The predicted molar refractivity (Wildman–Crippen MR) is 104 cm³/mol. The van der Waals surface area contributed by atoms with Crippen LogP contribution in [0.5, 0.6) is 0 Å². The van der Waals surface area contributed by atoms with Gasteiger partial charge < -0.3 is 33.5 Å². The molecule has 0 unspecified atom stereocenters. The number of hydrogen-bond donors (Lipinski definition) is 1. The third-order valence-electron chi connectivity index (χ3n) is 4.23. The topological polar surface area (TPSA) is 161 Å². The molecule has 0 spiro atoms. The van der Waals surface area contributed by atoms with Crippen molar-refractivity contribution in [3.05, 3.63) is 12.2 Å². The number of rotatable bonds is 10. The first kappa shape index (κ1) is 27.0. The Bertz CT molecular complexity index is 715. The van der Waals surface area contributed by atoms with E-state index in [-0.39, 0.29) is 19.3 Å². The zero-order valence-corrected chi connectivity index (χ0v) is 18.3. The molecule has 0 saturated carbocycles. The fourth-order valence-corrected chi connectivity index (χ4v) is 2.59. The van der Waals surface area contributed by atoms with Gasteiger partial charge in [-0.3, -0.25) is 14.4 Å². The highest BCUT2D eigenvalue weighted by Crippen LogP contribution is 2.30. The van der Waals surface area contributed by atoms with E-state index in [9.17, 15) is 29.1 Å². The van der Waals surface area contributed by atoms with Gasteiger partial charge >= 0.3 is 29.8 Å². The van der Waals surface area contributed by atoms with E-state index in [1.54, 1.807) is 0 Å². The van der Waals surface area contributed by atoms with Gasteiger partial charge in [0.2, 0.25) is 12.4 Å². The van der Waals surface area contributed by atoms with Crippen LogP contribution in [0.3, 0.4) is 0 Å². The third-order valence-corrected chi connectivity index (χ3v) is 4.23. The van der Waals surface area contributed by atoms with E-state index in [4.69, 9.17) is 23.7 Å². The van der Waals surface area contributed by atoms with E-state index in [1.165, 1.54) is 20.8 Å². The number of aliphatic hydroxyl groups is 1. The summed E-state index contributed by atoms with van der Waals surface area (Å²) in [6.45, 7) is 3.84. The van der Waals surface area contributed by atoms with Crippen LogP contribution in [-0.4, -0.2) is 79.4 Å². The van der Waals surface area contributed by atoms with Gasteiger partial charge in [0.05, 0.1) is 13.7 Å². The molecule has 1 aliphatic heterocycles. The Morgan fingerprint density at radius 3 is 1.69 bits per heavy atom. The molecule has 1 rings (SSSR count). The van der Waals surface area contributed by atoms with Crippen LogP contribution < -0.4 is 0 Å². The van der Waals surface area contributed by atoms with Crippen molar-refractivity contribution in [2.24, 2.45) is 0 Å². The van der Waals surface area contributed by atoms with Gasteiger partial charge in [0.15, 0.2) is 12.2 Å². The van der Waals surface area contributed by atoms with Crippen LogP contribution in [0.4, 0.5) is 0 Å². The zero-order chi connectivity index (χ0) is 24.3. The van der Waals surface area contributed by atoms with Crippen LogP contribution in [0.25, 0.3) is 0 Å². The zero-order valence-electron chi connectivity index (χ0n) is 18.3. The molecule has 1 heterocycles. The summed E-state index contributed by atoms with van der Waals surface area (Å²) >= 11 is 0. The Kier molecular flexibility index (Phi) is 11.3. The van der Waals surface area contributed by atoms with Crippen molar-refractivity contribution in [1.29, 1.82) is 0 Å². The first-order chi connectivity index (χ1) is 15.2. The van der Waals surface area contributed by atoms with Crippen LogP contribution in [0.15, 0.2) is 12.2 Å². The van der Waals surface area contributed by atoms with Gasteiger partial charge in [-0.2, -0.15) is 0 Å². The summed E-state index contributed by atoms with van der Waals surface area (Å²) in [5, 5.41) is 9.75. The Morgan fingerprint density at radius 2 is 1.22 bits per heavy atom. The summed E-state index contributed by atoms with van der Waals surface area (Å²) in [5.41, 5.74) is 0. The van der Waals surface area contributed by atoms with Crippen molar-refractivity contribution in [3.63, 3.8) is 0 Å². The number of aliphatic hydroxyl groups excluding tert-OH is 1. The quantitative estimate of drug-likeness (QED) is 0.263. The van der Waals surface area contributed by atoms with E-state index in [1.807, 2.05) is 0 Å². The van der Waals surface area contributed by atoms with Gasteiger partial charge in [0.25, 0.3) is 0 Å². The Hall–Kier alpha value is -2.99. The highest BCUT2D eigenvalue weighted by atomic mass is 16.7. The van der Waals surface area contributed by atoms with Gasteiger partial charge in [-0.1, -0.05) is 20.8 Å². The first-order valence-corrected chi connectivity index (χ1v) is 10.0. The van der Waals surface area contributed by atoms with Crippen LogP contribution in [0.1, 0.15) is 40.0 Å². The van der Waals surface area contributed by atoms with Crippen molar-refractivity contribution < 1.29 is 57.5 Å². The summed E-state index contributed by atoms with van der Waals surface area (Å²) in [7, 11) is 1.11. The van der Waals surface area contributed by atoms with Gasteiger partial charge in [-0.15, -0.1) is 0 Å². The Balaban J connectivity index is 3.31. The maximum absolute atomic E-state index is 12.1. The molecule has 0 bridgehead atoms. The highest BCUT2D eigenvalue weighted by molar-refractivity contribution is 5.91. The lowest BCUT2D eigenvalue weighted by atomic mass is 9.98. The fraction of sp³-hybridized carbons (Fsp3) is 0.650. The third kappa shape index (κ3) is 7.93. The number of esters is 5. The molecule has 180 valence electrons. The molecule has 1 N–H and O–H groups in total. The molecule has 0 aromatic carbocycles. The van der Waals surface area contributed by atoms with E-state index >= 15 is 0 Å². The molecule has 32 heavy (non-hydrogen) atoms. The normalized spacial score (nSPS) is 25.0. The molecular weight excluding hydrogens is 432 g/mol. The summed E-state index contributed by atoms with van der Waals surface area (Å²) in [5.74, 6) is -4.05. The number of hydrogen-bond acceptors (Lipinski definition) is 12. The van der Waals surface area contributed by atoms with E-state index in [0.717, 1.165) is 19.3 Å². The second-order valence-electron chi connectivity index (χ2n) is 6.44. The van der Waals surface area contributed by atoms with Crippen LogP contribution >= 0.6 is 0 Å². The highest BCUT2D eigenvalue weighted by Gasteiger charge is 2.53. The molecule has 1 saturated heterocycles. The lowest BCUT2D eigenvalue weighted by Crippen LogP contribution is -2.63. The minimum Gasteiger partial charge on any atom is -0.466 e. The number of carbonyl (C=O) groups is 5. The van der Waals surface area contributed by atoms with E-state index < -0.39 is 67.2 Å². The van der Waals surface area contributed by atoms with Crippen LogP contribution in [0.2, 0.25) is 0 Å². The number of methoxy groups -OCH3 is 1. The molecule has 1 aliphatic rings. The second kappa shape index (κ2) is 13.4. The Labute approximate surface area is 184 Å². The average Bonchev–Trinajstić information content (AvgIpc) is 2.79. The lowest BCUT2D eigenvalue weighted by Gasteiger charge is -2.43. The van der Waals surface area contributed by atoms with Gasteiger partial charge in [0.1, 0.15) is 6.10 Å². The molecule has 0 aromatic rings. The van der Waals surface area contributed by atoms with Gasteiger partial charge in [-0.25, -0.2) is 9.59 Å². The maximum Gasteiger partial charge on any atom is 0.333 e. The van der Waals surface area contributed by atoms with Crippen molar-refractivity contribution in [3.8, 4) is 0 Å². The first-order valence-electron chi connectivity index (χ1n) is 10.0. The van der Waals surface area contributed by atoms with Gasteiger partial charge in [-0.05, 0) is 0 Å². The number of ether oxygens (including phenoxy) is 6. The fourth-order valence-electron chi connectivity index (χ4n) is 2.59. The maximum atomic E-state index is 12.1. The molecule has 12 heteroatoms. The van der Waals surface area contributed by atoms with Crippen molar-refractivity contribution in [2.45, 2.75) is 70.7 Å². The average molecular weight is 460 g/mol. The summed E-state index contributed by atoms with van der Waals surface area (Å²) in [4.78, 5) is 59.3. The largest absolute Gasteiger partial charge is 0.466 e. The molecule has 0 aromatic heterocycles. The monoisotopic (exact) mass is 460 g/mol. The van der Waals surface area contributed by atoms with E-state index in [2.05, 4.69) is 4.74 Å². The SMILES string of the molecule is CCC(=O)O[C@H]1[C@@H](OC(=O)CC)[C@@H](CO)O[C@H](OC(=O)/C=C/C(=O)OC)[C@@H]1OC(=O)CC. The predicted octanol–water partition coefficient (Wildman–Crippen LogP) is -0.0586. The molecule has 1 fully saturated rings. The molecule has 5 atom stereocenters. The molecule has 12 nitrogen and oxygen atoms in total. The summed E-state index contributed by atoms with van der Waals surface area (Å²) in [6.07, 6.45) is -5.86. The number of carbonyl (C=O) groups excluding carboxylic acids is 5. The smallest absolute Gasteiger partial charge is 0.333 e. The van der Waals surface area contributed by atoms with Crippen LogP contribution in [-0.2, 0) is 52.4 Å². The summed E-state index contributed by atoms with van der Waals surface area (Å²) < 4.78 is 30.9. The van der Waals surface area contributed by atoms with Gasteiger partial charge in [0, 0.05) is 31.4 Å². The summed E-state index contributed by atoms with van der Waals surface area (Å²) in [6, 6.07) is 0. The second-order valence-corrected chi connectivity index (χ2v) is 6.44. The van der Waals surface area contributed by atoms with Crippen molar-refractivity contribution >= 4 is 29.8 Å². The Morgan fingerprint density at radius 1 is 0.750 bits per heavy atom. The molecule has 0 amide bonds. The van der Waals surface area contributed by atoms with E-state index in [0.29, 0.717) is 0 Å². The molecular formula is C20H28O12. The minimum atomic E-state index is -1.65. The minimum absolute atomic E-state index is 0.0285. The standard InChI is InChI=1S/C20H28O12/c1-5-12(22)29-17-11(10-21)28-20(32-16(26)9-8-15(25)27-4)19(31-14(24)7-3)18(17)30-13(23)6-2/h8-9,11,17-21H,5-7,10H2,1-4H3/b9-8+/t11-,17+,18+,19-,20-/m1/s1. The van der Waals surface area contributed by atoms with Crippen LogP contribution in [0, 0.1) is 0 Å². The lowest BCUT2D eigenvalue weighted by molar-refractivity contribution is -0.299. The van der Waals surface area contributed by atoms with Crippen molar-refractivity contribution in [2.75, 3.05) is 13.7 Å². The molecule has 0 radical (unpaired) electrons. The van der Waals surface area contributed by atoms with Crippen molar-refractivity contribution in [1.82, 2.24) is 0 Å². The molecule has 0 aliphatic carbocycles.